The summed E-state index contributed by atoms with van der Waals surface area (Å²) in [5.41, 5.74) is 1.16. The molecular formula is C21H19ClN2O4S. The monoisotopic (exact) mass is 430 g/mol. The van der Waals surface area contributed by atoms with Crippen LogP contribution in [0.3, 0.4) is 0 Å². The topological polar surface area (TPSA) is 84.5 Å². The average Bonchev–Trinajstić information content (AvgIpc) is 2.69. The number of benzene rings is 3. The summed E-state index contributed by atoms with van der Waals surface area (Å²) in [7, 11) is -3.80. The van der Waals surface area contributed by atoms with Gasteiger partial charge in [-0.25, -0.2) is 8.42 Å². The highest BCUT2D eigenvalue weighted by Gasteiger charge is 2.15. The van der Waals surface area contributed by atoms with E-state index in [1.165, 1.54) is 30.3 Å². The number of nitrogens with one attached hydrogen (secondary N) is 2. The summed E-state index contributed by atoms with van der Waals surface area (Å²) in [6.07, 6.45) is 0. The van der Waals surface area contributed by atoms with E-state index in [4.69, 9.17) is 16.3 Å². The zero-order chi connectivity index (χ0) is 20.9. The lowest BCUT2D eigenvalue weighted by Gasteiger charge is -2.11. The minimum atomic E-state index is -3.80. The number of carbonyl (C=O) groups is 1. The normalized spacial score (nSPS) is 11.0. The Morgan fingerprint density at radius 2 is 1.66 bits per heavy atom. The summed E-state index contributed by atoms with van der Waals surface area (Å²) in [4.78, 5) is 12.6. The number of halogens is 1. The summed E-state index contributed by atoms with van der Waals surface area (Å²) < 4.78 is 32.9. The first-order valence-corrected chi connectivity index (χ1v) is 10.7. The molecule has 0 heterocycles. The van der Waals surface area contributed by atoms with Crippen LogP contribution in [-0.4, -0.2) is 20.9 Å². The molecule has 0 atom stereocenters. The van der Waals surface area contributed by atoms with Crippen molar-refractivity contribution in [2.75, 3.05) is 16.6 Å². The summed E-state index contributed by atoms with van der Waals surface area (Å²) in [5, 5.41) is 3.21. The van der Waals surface area contributed by atoms with E-state index in [9.17, 15) is 13.2 Å². The molecule has 0 aromatic heterocycles. The van der Waals surface area contributed by atoms with Gasteiger partial charge >= 0.3 is 0 Å². The van der Waals surface area contributed by atoms with Crippen molar-refractivity contribution in [3.8, 4) is 5.75 Å². The molecule has 2 N–H and O–H groups in total. The Morgan fingerprint density at radius 1 is 0.966 bits per heavy atom. The molecule has 0 aliphatic carbocycles. The molecule has 3 aromatic carbocycles. The minimum absolute atomic E-state index is 0.0736. The second-order valence-corrected chi connectivity index (χ2v) is 8.17. The van der Waals surface area contributed by atoms with Crippen molar-refractivity contribution in [2.45, 2.75) is 11.8 Å². The first-order chi connectivity index (χ1) is 13.9. The van der Waals surface area contributed by atoms with E-state index in [1.807, 2.05) is 6.92 Å². The van der Waals surface area contributed by atoms with E-state index < -0.39 is 10.0 Å². The third kappa shape index (κ3) is 5.49. The third-order valence-corrected chi connectivity index (χ3v) is 5.55. The van der Waals surface area contributed by atoms with Gasteiger partial charge < -0.3 is 10.1 Å². The predicted molar refractivity (Wildman–Crippen MR) is 114 cm³/mol. The van der Waals surface area contributed by atoms with Gasteiger partial charge in [-0.15, -0.1) is 0 Å². The number of hydrogen-bond acceptors (Lipinski definition) is 4. The van der Waals surface area contributed by atoms with Crippen LogP contribution < -0.4 is 14.8 Å². The quantitative estimate of drug-likeness (QED) is 0.564. The molecule has 8 heteroatoms. The second-order valence-electron chi connectivity index (χ2n) is 6.06. The largest absolute Gasteiger partial charge is 0.494 e. The van der Waals surface area contributed by atoms with Crippen LogP contribution in [-0.2, 0) is 10.0 Å². The van der Waals surface area contributed by atoms with E-state index in [-0.39, 0.29) is 16.5 Å². The number of ether oxygens (including phenoxy) is 1. The zero-order valence-corrected chi connectivity index (χ0v) is 17.1. The molecule has 0 fully saturated rings. The first kappa shape index (κ1) is 20.7. The van der Waals surface area contributed by atoms with Crippen LogP contribution in [0.2, 0.25) is 5.02 Å². The number of sulfonamides is 1. The molecule has 0 spiro atoms. The standard InChI is InChI=1S/C21H19ClN2O4S/c1-2-28-19-8-4-6-17(14-19)23-21(25)15-5-3-7-18(13-15)24-29(26,27)20-11-9-16(22)10-12-20/h3-14,24H,2H2,1H3,(H,23,25). The lowest BCUT2D eigenvalue weighted by Crippen LogP contribution is -2.15. The van der Waals surface area contributed by atoms with Crippen LogP contribution in [0, 0.1) is 0 Å². The molecule has 0 saturated heterocycles. The lowest BCUT2D eigenvalue weighted by molar-refractivity contribution is 0.102. The van der Waals surface area contributed by atoms with Crippen LogP contribution in [0.5, 0.6) is 5.75 Å². The number of hydrogen-bond donors (Lipinski definition) is 2. The fourth-order valence-corrected chi connectivity index (χ4v) is 3.76. The highest BCUT2D eigenvalue weighted by molar-refractivity contribution is 7.92. The van der Waals surface area contributed by atoms with Crippen molar-refractivity contribution in [1.82, 2.24) is 0 Å². The molecule has 0 aliphatic rings. The summed E-state index contributed by atoms with van der Waals surface area (Å²) >= 11 is 5.80. The van der Waals surface area contributed by atoms with Gasteiger partial charge in [0.1, 0.15) is 5.75 Å². The highest BCUT2D eigenvalue weighted by Crippen LogP contribution is 2.21. The minimum Gasteiger partial charge on any atom is -0.494 e. The number of carbonyl (C=O) groups excluding carboxylic acids is 1. The highest BCUT2D eigenvalue weighted by atomic mass is 35.5. The van der Waals surface area contributed by atoms with Crippen LogP contribution >= 0.6 is 11.6 Å². The summed E-state index contributed by atoms with van der Waals surface area (Å²) in [6.45, 7) is 2.40. The Bertz CT molecular complexity index is 1120. The zero-order valence-electron chi connectivity index (χ0n) is 15.6. The predicted octanol–water partition coefficient (Wildman–Crippen LogP) is 4.79. The van der Waals surface area contributed by atoms with Gasteiger partial charge in [0.25, 0.3) is 15.9 Å². The Balaban J connectivity index is 1.76. The van der Waals surface area contributed by atoms with Crippen molar-refractivity contribution >= 4 is 38.9 Å². The summed E-state index contributed by atoms with van der Waals surface area (Å²) in [6, 6.07) is 19.1. The molecular weight excluding hydrogens is 412 g/mol. The number of amides is 1. The van der Waals surface area contributed by atoms with Crippen molar-refractivity contribution in [3.05, 3.63) is 83.4 Å². The van der Waals surface area contributed by atoms with E-state index in [0.717, 1.165) is 0 Å². The van der Waals surface area contributed by atoms with Crippen LogP contribution in [0.25, 0.3) is 0 Å². The first-order valence-electron chi connectivity index (χ1n) is 8.80. The van der Waals surface area contributed by atoms with E-state index in [1.54, 1.807) is 42.5 Å². The fourth-order valence-electron chi connectivity index (χ4n) is 2.59. The molecule has 0 radical (unpaired) electrons. The number of rotatable bonds is 7. The van der Waals surface area contributed by atoms with Crippen LogP contribution in [0.15, 0.2) is 77.7 Å². The fraction of sp³-hybridized carbons (Fsp3) is 0.0952. The molecule has 150 valence electrons. The van der Waals surface area contributed by atoms with Gasteiger partial charge in [-0.1, -0.05) is 23.7 Å². The second kappa shape index (κ2) is 8.98. The number of anilines is 2. The maximum atomic E-state index is 12.6. The smallest absolute Gasteiger partial charge is 0.261 e. The molecule has 3 rings (SSSR count). The van der Waals surface area contributed by atoms with Crippen molar-refractivity contribution < 1.29 is 17.9 Å². The van der Waals surface area contributed by atoms with Gasteiger partial charge in [0.2, 0.25) is 0 Å². The van der Waals surface area contributed by atoms with Gasteiger partial charge in [-0.05, 0) is 61.5 Å². The molecule has 0 bridgehead atoms. The maximum absolute atomic E-state index is 12.6. The molecule has 0 saturated carbocycles. The Labute approximate surface area is 174 Å². The molecule has 0 unspecified atom stereocenters. The van der Waals surface area contributed by atoms with Gasteiger partial charge in [0, 0.05) is 28.0 Å². The maximum Gasteiger partial charge on any atom is 0.261 e. The lowest BCUT2D eigenvalue weighted by atomic mass is 10.2. The average molecular weight is 431 g/mol. The van der Waals surface area contributed by atoms with Gasteiger partial charge in [0.05, 0.1) is 11.5 Å². The van der Waals surface area contributed by atoms with Gasteiger partial charge in [-0.3, -0.25) is 9.52 Å². The van der Waals surface area contributed by atoms with E-state index in [0.29, 0.717) is 28.6 Å². The van der Waals surface area contributed by atoms with Gasteiger partial charge in [0.15, 0.2) is 0 Å². The molecule has 1 amide bonds. The van der Waals surface area contributed by atoms with Gasteiger partial charge in [-0.2, -0.15) is 0 Å². The van der Waals surface area contributed by atoms with Crippen LogP contribution in [0.4, 0.5) is 11.4 Å². The van der Waals surface area contributed by atoms with Crippen LogP contribution in [0.1, 0.15) is 17.3 Å². The molecule has 0 aliphatic heterocycles. The molecule has 3 aromatic rings. The van der Waals surface area contributed by atoms with Crippen molar-refractivity contribution in [2.24, 2.45) is 0 Å². The Hall–Kier alpha value is -3.03. The Morgan fingerprint density at radius 3 is 2.38 bits per heavy atom. The molecule has 29 heavy (non-hydrogen) atoms. The van der Waals surface area contributed by atoms with E-state index in [2.05, 4.69) is 10.0 Å². The van der Waals surface area contributed by atoms with E-state index >= 15 is 0 Å². The Kier molecular flexibility index (Phi) is 6.41. The van der Waals surface area contributed by atoms with Crippen molar-refractivity contribution in [3.63, 3.8) is 0 Å². The third-order valence-electron chi connectivity index (χ3n) is 3.90. The SMILES string of the molecule is CCOc1cccc(NC(=O)c2cccc(NS(=O)(=O)c3ccc(Cl)cc3)c2)c1. The summed E-state index contributed by atoms with van der Waals surface area (Å²) in [5.74, 6) is 0.279. The molecule has 6 nitrogen and oxygen atoms in total. The van der Waals surface area contributed by atoms with Crippen molar-refractivity contribution in [1.29, 1.82) is 0 Å².